The molecule has 1 heterocycles. The van der Waals surface area contributed by atoms with E-state index in [9.17, 15) is 5.11 Å². The van der Waals surface area contributed by atoms with Crippen molar-refractivity contribution in [2.45, 2.75) is 33.5 Å². The number of hydrogen-bond acceptors (Lipinski definition) is 3. The van der Waals surface area contributed by atoms with Crippen molar-refractivity contribution in [3.05, 3.63) is 52.3 Å². The monoisotopic (exact) mass is 259 g/mol. The van der Waals surface area contributed by atoms with Gasteiger partial charge in [0.25, 0.3) is 0 Å². The summed E-state index contributed by atoms with van der Waals surface area (Å²) in [6, 6.07) is 7.94. The van der Waals surface area contributed by atoms with E-state index in [1.165, 1.54) is 11.3 Å². The molecule has 2 aromatic rings. The zero-order valence-corrected chi connectivity index (χ0v) is 11.8. The van der Waals surface area contributed by atoms with Crippen LogP contribution in [0.25, 0.3) is 0 Å². The summed E-state index contributed by atoms with van der Waals surface area (Å²) in [7, 11) is 1.97. The van der Waals surface area contributed by atoms with Crippen molar-refractivity contribution in [2.75, 3.05) is 0 Å². The minimum atomic E-state index is 0.0861. The van der Waals surface area contributed by atoms with Crippen molar-refractivity contribution in [3.8, 4) is 0 Å². The highest BCUT2D eigenvalue weighted by Gasteiger charge is 2.08. The summed E-state index contributed by atoms with van der Waals surface area (Å²) < 4.78 is 1.91. The Morgan fingerprint density at radius 2 is 1.84 bits per heavy atom. The molecule has 0 radical (unpaired) electrons. The van der Waals surface area contributed by atoms with Gasteiger partial charge < -0.3 is 10.4 Å². The second-order valence-corrected chi connectivity index (χ2v) is 4.80. The molecule has 0 bridgehead atoms. The van der Waals surface area contributed by atoms with Gasteiger partial charge >= 0.3 is 0 Å². The van der Waals surface area contributed by atoms with E-state index in [0.717, 1.165) is 29.9 Å². The Bertz CT molecular complexity index is 561. The van der Waals surface area contributed by atoms with Crippen LogP contribution < -0.4 is 5.32 Å². The molecule has 0 fully saturated rings. The van der Waals surface area contributed by atoms with Crippen molar-refractivity contribution in [3.63, 3.8) is 0 Å². The summed E-state index contributed by atoms with van der Waals surface area (Å²) in [6.07, 6.45) is 0. The molecule has 0 amide bonds. The molecule has 0 aliphatic rings. The van der Waals surface area contributed by atoms with Gasteiger partial charge in [0.2, 0.25) is 0 Å². The van der Waals surface area contributed by atoms with Gasteiger partial charge in [-0.05, 0) is 25.0 Å². The molecule has 0 unspecified atom stereocenters. The Morgan fingerprint density at radius 3 is 2.42 bits per heavy atom. The van der Waals surface area contributed by atoms with Crippen molar-refractivity contribution >= 4 is 0 Å². The van der Waals surface area contributed by atoms with E-state index in [4.69, 9.17) is 0 Å². The molecule has 4 nitrogen and oxygen atoms in total. The van der Waals surface area contributed by atoms with Gasteiger partial charge in [-0.2, -0.15) is 5.10 Å². The Morgan fingerprint density at radius 1 is 1.16 bits per heavy atom. The lowest BCUT2D eigenvalue weighted by Gasteiger charge is -2.09. The molecule has 1 aromatic heterocycles. The van der Waals surface area contributed by atoms with E-state index in [2.05, 4.69) is 17.3 Å². The Balaban J connectivity index is 2.00. The highest BCUT2D eigenvalue weighted by molar-refractivity contribution is 5.27. The fourth-order valence-corrected chi connectivity index (χ4v) is 2.28. The Hall–Kier alpha value is -1.65. The third-order valence-corrected chi connectivity index (χ3v) is 3.56. The van der Waals surface area contributed by atoms with Gasteiger partial charge in [-0.1, -0.05) is 24.3 Å². The molecule has 19 heavy (non-hydrogen) atoms. The van der Waals surface area contributed by atoms with Crippen molar-refractivity contribution in [1.82, 2.24) is 15.1 Å². The normalized spacial score (nSPS) is 10.9. The standard InChI is InChI=1S/C15H21N3O/c1-11-15(12(2)18(3)17-11)9-16-8-13-6-4-5-7-14(13)10-19/h4-7,16,19H,8-10H2,1-3H3. The zero-order valence-electron chi connectivity index (χ0n) is 11.8. The van der Waals surface area contributed by atoms with Crippen LogP contribution in [-0.4, -0.2) is 14.9 Å². The smallest absolute Gasteiger partial charge is 0.0685 e. The maximum atomic E-state index is 9.29. The first-order valence-corrected chi connectivity index (χ1v) is 6.51. The summed E-state index contributed by atoms with van der Waals surface area (Å²) >= 11 is 0. The van der Waals surface area contributed by atoms with E-state index < -0.39 is 0 Å². The van der Waals surface area contributed by atoms with E-state index in [1.807, 2.05) is 42.9 Å². The third kappa shape index (κ3) is 3.03. The Labute approximate surface area is 114 Å². The minimum Gasteiger partial charge on any atom is -0.392 e. The van der Waals surface area contributed by atoms with E-state index in [1.54, 1.807) is 0 Å². The van der Waals surface area contributed by atoms with Gasteiger partial charge in [0.1, 0.15) is 0 Å². The van der Waals surface area contributed by atoms with Crippen LogP contribution in [0, 0.1) is 13.8 Å². The second-order valence-electron chi connectivity index (χ2n) is 4.80. The summed E-state index contributed by atoms with van der Waals surface area (Å²) in [5.41, 5.74) is 5.64. The van der Waals surface area contributed by atoms with Gasteiger partial charge in [0.15, 0.2) is 0 Å². The predicted molar refractivity (Wildman–Crippen MR) is 75.6 cm³/mol. The van der Waals surface area contributed by atoms with Crippen LogP contribution in [0.5, 0.6) is 0 Å². The quantitative estimate of drug-likeness (QED) is 0.861. The molecular weight excluding hydrogens is 238 g/mol. The number of aromatic nitrogens is 2. The van der Waals surface area contributed by atoms with Crippen LogP contribution in [0.4, 0.5) is 0 Å². The highest BCUT2D eigenvalue weighted by atomic mass is 16.3. The lowest BCUT2D eigenvalue weighted by molar-refractivity contribution is 0.280. The van der Waals surface area contributed by atoms with Crippen LogP contribution in [0.2, 0.25) is 0 Å². The number of aliphatic hydroxyl groups is 1. The van der Waals surface area contributed by atoms with Crippen LogP contribution in [0.15, 0.2) is 24.3 Å². The first-order chi connectivity index (χ1) is 9.13. The molecule has 102 valence electrons. The molecule has 1 aromatic carbocycles. The molecule has 0 saturated carbocycles. The van der Waals surface area contributed by atoms with Gasteiger partial charge in [-0.3, -0.25) is 4.68 Å². The number of nitrogens with one attached hydrogen (secondary N) is 1. The van der Waals surface area contributed by atoms with E-state index in [0.29, 0.717) is 0 Å². The molecule has 4 heteroatoms. The summed E-state index contributed by atoms with van der Waals surface area (Å²) in [5, 5.41) is 17.1. The maximum Gasteiger partial charge on any atom is 0.0685 e. The lowest BCUT2D eigenvalue weighted by Crippen LogP contribution is -2.15. The van der Waals surface area contributed by atoms with Crippen molar-refractivity contribution in [2.24, 2.45) is 7.05 Å². The lowest BCUT2D eigenvalue weighted by atomic mass is 10.1. The molecule has 2 rings (SSSR count). The summed E-state index contributed by atoms with van der Waals surface area (Å²) in [6.45, 7) is 5.75. The maximum absolute atomic E-state index is 9.29. The van der Waals surface area contributed by atoms with Crippen molar-refractivity contribution < 1.29 is 5.11 Å². The second kappa shape index (κ2) is 5.99. The van der Waals surface area contributed by atoms with Gasteiger partial charge in [-0.25, -0.2) is 0 Å². The van der Waals surface area contributed by atoms with Gasteiger partial charge in [-0.15, -0.1) is 0 Å². The van der Waals surface area contributed by atoms with Gasteiger partial charge in [0, 0.05) is 31.4 Å². The van der Waals surface area contributed by atoms with Crippen LogP contribution in [0.3, 0.4) is 0 Å². The fourth-order valence-electron chi connectivity index (χ4n) is 2.28. The third-order valence-electron chi connectivity index (χ3n) is 3.56. The predicted octanol–water partition coefficient (Wildman–Crippen LogP) is 1.82. The zero-order chi connectivity index (χ0) is 13.8. The van der Waals surface area contributed by atoms with Crippen LogP contribution >= 0.6 is 0 Å². The molecule has 0 atom stereocenters. The summed E-state index contributed by atoms with van der Waals surface area (Å²) in [5.74, 6) is 0. The molecule has 0 aliphatic heterocycles. The van der Waals surface area contributed by atoms with Crippen LogP contribution in [0.1, 0.15) is 28.1 Å². The highest BCUT2D eigenvalue weighted by Crippen LogP contribution is 2.12. The SMILES string of the molecule is Cc1nn(C)c(C)c1CNCc1ccccc1CO. The molecule has 0 aliphatic carbocycles. The largest absolute Gasteiger partial charge is 0.392 e. The molecule has 2 N–H and O–H groups in total. The first kappa shape index (κ1) is 13.8. The number of rotatable bonds is 5. The number of benzene rings is 1. The number of hydrogen-bond donors (Lipinski definition) is 2. The topological polar surface area (TPSA) is 50.1 Å². The number of nitrogens with zero attached hydrogens (tertiary/aromatic N) is 2. The summed E-state index contributed by atoms with van der Waals surface area (Å²) in [4.78, 5) is 0. The van der Waals surface area contributed by atoms with Crippen LogP contribution in [-0.2, 0) is 26.7 Å². The molecular formula is C15H21N3O. The molecule has 0 saturated heterocycles. The first-order valence-electron chi connectivity index (χ1n) is 6.51. The average Bonchev–Trinajstić information content (AvgIpc) is 2.65. The van der Waals surface area contributed by atoms with E-state index >= 15 is 0 Å². The molecule has 0 spiro atoms. The van der Waals surface area contributed by atoms with Gasteiger partial charge in [0.05, 0.1) is 12.3 Å². The number of aryl methyl sites for hydroxylation is 2. The number of aliphatic hydroxyl groups excluding tert-OH is 1. The van der Waals surface area contributed by atoms with E-state index in [-0.39, 0.29) is 6.61 Å². The fraction of sp³-hybridized carbons (Fsp3) is 0.400. The Kier molecular flexibility index (Phi) is 4.35. The van der Waals surface area contributed by atoms with Crippen molar-refractivity contribution in [1.29, 1.82) is 0 Å². The average molecular weight is 259 g/mol. The minimum absolute atomic E-state index is 0.0861.